The molecule has 1 atom stereocenters. The van der Waals surface area contributed by atoms with Gasteiger partial charge in [-0.3, -0.25) is 24.0 Å². The number of carbonyl (C=O) groups is 3. The minimum atomic E-state index is -0.475. The number of aromatic nitrogens is 2. The van der Waals surface area contributed by atoms with Gasteiger partial charge >= 0.3 is 0 Å². The topological polar surface area (TPSA) is 167 Å². The van der Waals surface area contributed by atoms with Crippen LogP contribution < -0.4 is 32.3 Å². The largest absolute Gasteiger partial charge is 0.393 e. The van der Waals surface area contributed by atoms with Gasteiger partial charge in [-0.1, -0.05) is 24.3 Å². The number of hydrogen-bond acceptors (Lipinski definition) is 9. The highest BCUT2D eigenvalue weighted by Crippen LogP contribution is 2.48. The number of amides is 3. The van der Waals surface area contributed by atoms with Gasteiger partial charge in [0.15, 0.2) is 0 Å². The molecule has 0 unspecified atom stereocenters. The Labute approximate surface area is 296 Å². The first-order chi connectivity index (χ1) is 24.4. The normalized spacial score (nSPS) is 19.4. The smallest absolute Gasteiger partial charge is 0.269 e. The third-order valence-corrected chi connectivity index (χ3v) is 10.1. The first-order valence-electron chi connectivity index (χ1n) is 17.4. The Morgan fingerprint density at radius 2 is 1.76 bits per heavy atom. The fourth-order valence-electron chi connectivity index (χ4n) is 6.80. The van der Waals surface area contributed by atoms with Crippen molar-refractivity contribution in [2.24, 2.45) is 17.4 Å². The molecule has 2 saturated carbocycles. The van der Waals surface area contributed by atoms with Gasteiger partial charge in [-0.2, -0.15) is 5.10 Å². The zero-order valence-electron chi connectivity index (χ0n) is 29.4. The van der Waals surface area contributed by atoms with Crippen LogP contribution >= 0.6 is 0 Å². The van der Waals surface area contributed by atoms with Crippen molar-refractivity contribution in [3.05, 3.63) is 88.5 Å². The molecule has 3 heterocycles. The molecule has 51 heavy (non-hydrogen) atoms. The Morgan fingerprint density at radius 3 is 2.45 bits per heavy atom. The van der Waals surface area contributed by atoms with Gasteiger partial charge in [0.05, 0.1) is 46.6 Å². The highest BCUT2D eigenvalue weighted by Gasteiger charge is 2.37. The molecule has 0 radical (unpaired) electrons. The number of nitrogens with two attached hydrogens (primary N) is 2. The van der Waals surface area contributed by atoms with Gasteiger partial charge in [-0.25, -0.2) is 4.39 Å². The first kappa shape index (κ1) is 34.1. The third-order valence-electron chi connectivity index (χ3n) is 10.1. The van der Waals surface area contributed by atoms with Crippen LogP contribution in [0.5, 0.6) is 0 Å². The monoisotopic (exact) mass is 696 g/mol. The van der Waals surface area contributed by atoms with Crippen LogP contribution in [0.2, 0.25) is 0 Å². The zero-order valence-corrected chi connectivity index (χ0v) is 29.4. The van der Waals surface area contributed by atoms with Crippen molar-refractivity contribution in [1.82, 2.24) is 30.2 Å². The predicted octanol–water partition coefficient (Wildman–Crippen LogP) is 3.15. The van der Waals surface area contributed by atoms with Crippen LogP contribution in [0.4, 0.5) is 15.8 Å². The molecule has 1 aromatic heterocycles. The van der Waals surface area contributed by atoms with Crippen LogP contribution in [0.15, 0.2) is 65.9 Å². The molecule has 7 rings (SSSR count). The van der Waals surface area contributed by atoms with Crippen molar-refractivity contribution in [3.8, 4) is 11.1 Å². The number of benzene rings is 2. The number of nitrogens with zero attached hydrogens (tertiary/aromatic N) is 5. The summed E-state index contributed by atoms with van der Waals surface area (Å²) in [5.41, 5.74) is 18.1. The SMILES string of the molecule is C[C@@H]1c2c(cnn2C2CN(Cc3cccc(C(=O)N(C)C)c3F)C2)-c2cccc(NC(/C=C(\N)NC(=O)C3CC3)=C(/N)C(=O)NC3CC3)c2N1C. The molecule has 1 saturated heterocycles. The molecular weight excluding hydrogens is 651 g/mol. The number of nitrogens with one attached hydrogen (secondary N) is 3. The molecule has 7 N–H and O–H groups in total. The first-order valence-corrected chi connectivity index (χ1v) is 17.4. The number of carbonyl (C=O) groups excluding carboxylic acids is 3. The summed E-state index contributed by atoms with van der Waals surface area (Å²) >= 11 is 0. The fraction of sp³-hybridized carbons (Fsp3) is 0.405. The van der Waals surface area contributed by atoms with E-state index in [0.717, 1.165) is 48.2 Å². The summed E-state index contributed by atoms with van der Waals surface area (Å²) in [6.45, 7) is 3.89. The average Bonchev–Trinajstić information content (AvgIpc) is 4.03. The fourth-order valence-corrected chi connectivity index (χ4v) is 6.80. The van der Waals surface area contributed by atoms with Crippen molar-refractivity contribution in [2.75, 3.05) is 44.4 Å². The van der Waals surface area contributed by atoms with Crippen molar-refractivity contribution in [3.63, 3.8) is 0 Å². The van der Waals surface area contributed by atoms with Gasteiger partial charge in [0, 0.05) is 75.5 Å². The maximum atomic E-state index is 15.3. The number of allylic oxidation sites excluding steroid dienone is 1. The molecule has 0 spiro atoms. The minimum Gasteiger partial charge on any atom is -0.393 e. The van der Waals surface area contributed by atoms with Gasteiger partial charge in [0.1, 0.15) is 17.3 Å². The minimum absolute atomic E-state index is 0.0337. The number of fused-ring (bicyclic) bond motifs is 3. The van der Waals surface area contributed by atoms with Crippen LogP contribution in [0, 0.1) is 11.7 Å². The molecule has 2 aliphatic heterocycles. The van der Waals surface area contributed by atoms with Crippen molar-refractivity contribution in [2.45, 2.75) is 57.3 Å². The van der Waals surface area contributed by atoms with E-state index in [9.17, 15) is 14.4 Å². The summed E-state index contributed by atoms with van der Waals surface area (Å²) in [7, 11) is 5.24. The number of hydrogen-bond donors (Lipinski definition) is 5. The van der Waals surface area contributed by atoms with Gasteiger partial charge in [-0.05, 0) is 44.7 Å². The maximum Gasteiger partial charge on any atom is 0.269 e. The van der Waals surface area contributed by atoms with Crippen LogP contribution in [0.3, 0.4) is 0 Å². The lowest BCUT2D eigenvalue weighted by molar-refractivity contribution is -0.121. The number of rotatable bonds is 11. The van der Waals surface area contributed by atoms with Crippen LogP contribution in [-0.2, 0) is 16.1 Å². The quantitative estimate of drug-likeness (QED) is 0.150. The Morgan fingerprint density at radius 1 is 1.04 bits per heavy atom. The standard InChI is InChI=1S/C37H45FN10O3/c1-20-33-27(16-41-48(33)24-18-47(19-24)17-22-7-5-9-26(31(22)38)37(51)45(2)3)25-8-6-10-28(34(25)46(20)4)43-29(32(40)36(50)42-23-13-14-23)15-30(39)44-35(49)21-11-12-21/h5-10,15-16,20-21,23-24,43H,11-14,17-19,39-40H2,1-4H3,(H,42,50)(H,44,49)/b30-15+,32-29+/t20-/m1/s1. The lowest BCUT2D eigenvalue weighted by Crippen LogP contribution is -2.48. The number of para-hydroxylation sites is 1. The lowest BCUT2D eigenvalue weighted by atomic mass is 9.93. The van der Waals surface area contributed by atoms with E-state index in [-0.39, 0.29) is 58.6 Å². The van der Waals surface area contributed by atoms with Crippen molar-refractivity contribution < 1.29 is 18.8 Å². The van der Waals surface area contributed by atoms with E-state index < -0.39 is 11.7 Å². The highest BCUT2D eigenvalue weighted by molar-refractivity contribution is 5.97. The summed E-state index contributed by atoms with van der Waals surface area (Å²) in [5, 5.41) is 13.9. The van der Waals surface area contributed by atoms with Crippen LogP contribution in [0.25, 0.3) is 11.1 Å². The molecule has 3 amide bonds. The van der Waals surface area contributed by atoms with Gasteiger partial charge in [-0.15, -0.1) is 0 Å². The third kappa shape index (κ3) is 6.75. The predicted molar refractivity (Wildman–Crippen MR) is 192 cm³/mol. The van der Waals surface area contributed by atoms with Gasteiger partial charge < -0.3 is 37.2 Å². The number of halogens is 1. The molecule has 2 aliphatic carbocycles. The van der Waals surface area contributed by atoms with Crippen LogP contribution in [-0.4, -0.2) is 77.6 Å². The second kappa shape index (κ2) is 13.4. The molecule has 0 bridgehead atoms. The number of likely N-dealkylation sites (tertiary alicyclic amines) is 1. The molecule has 268 valence electrons. The summed E-state index contributed by atoms with van der Waals surface area (Å²) in [6.07, 6.45) is 6.87. The molecule has 3 aromatic rings. The van der Waals surface area contributed by atoms with E-state index >= 15 is 4.39 Å². The average molecular weight is 697 g/mol. The van der Waals surface area contributed by atoms with Crippen molar-refractivity contribution >= 4 is 29.1 Å². The van der Waals surface area contributed by atoms with E-state index in [1.807, 2.05) is 31.4 Å². The Bertz CT molecular complexity index is 1950. The molecule has 13 nitrogen and oxygen atoms in total. The summed E-state index contributed by atoms with van der Waals surface area (Å²) in [5.74, 6) is -1.33. The van der Waals surface area contributed by atoms with Gasteiger partial charge in [0.25, 0.3) is 11.8 Å². The second-order valence-corrected chi connectivity index (χ2v) is 14.3. The zero-order chi connectivity index (χ0) is 36.1. The van der Waals surface area contributed by atoms with Gasteiger partial charge in [0.2, 0.25) is 5.91 Å². The Hall–Kier alpha value is -5.37. The highest BCUT2D eigenvalue weighted by atomic mass is 19.1. The summed E-state index contributed by atoms with van der Waals surface area (Å²) in [4.78, 5) is 43.6. The summed E-state index contributed by atoms with van der Waals surface area (Å²) in [6, 6.07) is 11.0. The van der Waals surface area contributed by atoms with E-state index in [2.05, 4.69) is 37.4 Å². The van der Waals surface area contributed by atoms with E-state index in [1.54, 1.807) is 26.2 Å². The molecule has 2 aromatic carbocycles. The maximum absolute atomic E-state index is 15.3. The second-order valence-electron chi connectivity index (χ2n) is 14.3. The van der Waals surface area contributed by atoms with E-state index in [1.165, 1.54) is 17.0 Å². The van der Waals surface area contributed by atoms with Crippen molar-refractivity contribution in [1.29, 1.82) is 0 Å². The van der Waals surface area contributed by atoms with E-state index in [0.29, 0.717) is 30.9 Å². The Kier molecular flexibility index (Phi) is 8.96. The molecule has 4 aliphatic rings. The Balaban J connectivity index is 1.13. The lowest BCUT2D eigenvalue weighted by Gasteiger charge is -2.42. The summed E-state index contributed by atoms with van der Waals surface area (Å²) < 4.78 is 17.3. The molecule has 3 fully saturated rings. The van der Waals surface area contributed by atoms with E-state index in [4.69, 9.17) is 16.6 Å². The number of anilines is 2. The van der Waals surface area contributed by atoms with Crippen LogP contribution in [0.1, 0.15) is 66.3 Å². The molecule has 14 heteroatoms. The molecular formula is C37H45FN10O3.